The predicted octanol–water partition coefficient (Wildman–Crippen LogP) is 1.78. The molecule has 0 saturated carbocycles. The Kier molecular flexibility index (Phi) is 5.07. The fourth-order valence-corrected chi connectivity index (χ4v) is 1.61. The van der Waals surface area contributed by atoms with Gasteiger partial charge in [-0.2, -0.15) is 0 Å². The third kappa shape index (κ3) is 4.17. The minimum atomic E-state index is -0.390. The van der Waals surface area contributed by atoms with E-state index in [0.717, 1.165) is 16.5 Å². The van der Waals surface area contributed by atoms with E-state index in [1.165, 1.54) is 0 Å². The first kappa shape index (κ1) is 11.6. The normalized spacial score (nSPS) is 12.8. The van der Waals surface area contributed by atoms with Gasteiger partial charge in [0.1, 0.15) is 0 Å². The molecule has 1 aromatic rings. The summed E-state index contributed by atoms with van der Waals surface area (Å²) in [5.74, 6) is 0. The van der Waals surface area contributed by atoms with Gasteiger partial charge in [-0.05, 0) is 40.4 Å². The lowest BCUT2D eigenvalue weighted by atomic mass is 10.1. The molecule has 0 radical (unpaired) electrons. The Bertz CT molecular complexity index is 281. The summed E-state index contributed by atoms with van der Waals surface area (Å²) >= 11 is 3.35. The average Bonchev–Trinajstić information content (AvgIpc) is 2.15. The molecular formula is C10H14BrNO2. The molecule has 1 unspecified atom stereocenters. The molecule has 0 aliphatic rings. The molecule has 1 atom stereocenters. The molecule has 0 saturated heterocycles. The summed E-state index contributed by atoms with van der Waals surface area (Å²) in [7, 11) is 1.59. The van der Waals surface area contributed by atoms with Crippen LogP contribution >= 0.6 is 15.9 Å². The first-order chi connectivity index (χ1) is 6.72. The van der Waals surface area contributed by atoms with Crippen LogP contribution in [0.25, 0.3) is 0 Å². The number of nitrogens with zero attached hydrogens (tertiary/aromatic N) is 1. The molecule has 4 heteroatoms. The Hall–Kier alpha value is -0.450. The Morgan fingerprint density at radius 1 is 1.57 bits per heavy atom. The second-order valence-corrected chi connectivity index (χ2v) is 4.07. The second kappa shape index (κ2) is 6.11. The van der Waals surface area contributed by atoms with Gasteiger partial charge in [-0.15, -0.1) is 0 Å². The largest absolute Gasteiger partial charge is 0.391 e. The quantitative estimate of drug-likeness (QED) is 0.877. The highest BCUT2D eigenvalue weighted by molar-refractivity contribution is 9.10. The zero-order valence-electron chi connectivity index (χ0n) is 8.11. The van der Waals surface area contributed by atoms with Crippen LogP contribution in [-0.4, -0.2) is 29.9 Å². The summed E-state index contributed by atoms with van der Waals surface area (Å²) in [4.78, 5) is 4.05. The minimum Gasteiger partial charge on any atom is -0.391 e. The molecule has 0 aliphatic heterocycles. The minimum absolute atomic E-state index is 0.390. The van der Waals surface area contributed by atoms with E-state index in [2.05, 4.69) is 20.9 Å². The van der Waals surface area contributed by atoms with Gasteiger partial charge in [0.25, 0.3) is 0 Å². The summed E-state index contributed by atoms with van der Waals surface area (Å²) in [6.07, 6.45) is 4.68. The van der Waals surface area contributed by atoms with Crippen molar-refractivity contribution in [1.82, 2.24) is 4.98 Å². The topological polar surface area (TPSA) is 42.4 Å². The highest BCUT2D eigenvalue weighted by atomic mass is 79.9. The highest BCUT2D eigenvalue weighted by Gasteiger charge is 2.04. The zero-order chi connectivity index (χ0) is 10.4. The Labute approximate surface area is 92.3 Å². The number of rotatable bonds is 5. The monoisotopic (exact) mass is 259 g/mol. The van der Waals surface area contributed by atoms with Gasteiger partial charge < -0.3 is 9.84 Å². The predicted molar refractivity (Wildman–Crippen MR) is 58.1 cm³/mol. The van der Waals surface area contributed by atoms with E-state index in [1.54, 1.807) is 13.3 Å². The molecule has 3 nitrogen and oxygen atoms in total. The lowest BCUT2D eigenvalue weighted by molar-refractivity contribution is 0.0595. The van der Waals surface area contributed by atoms with Crippen molar-refractivity contribution in [2.24, 2.45) is 0 Å². The fourth-order valence-electron chi connectivity index (χ4n) is 1.20. The van der Waals surface area contributed by atoms with Crippen LogP contribution in [0.3, 0.4) is 0 Å². The molecule has 78 valence electrons. The molecule has 0 aromatic carbocycles. The molecule has 1 rings (SSSR count). The lowest BCUT2D eigenvalue weighted by Crippen LogP contribution is -2.14. The van der Waals surface area contributed by atoms with Gasteiger partial charge in [-0.1, -0.05) is 0 Å². The van der Waals surface area contributed by atoms with Gasteiger partial charge in [-0.25, -0.2) is 0 Å². The molecule has 0 fully saturated rings. The van der Waals surface area contributed by atoms with Crippen LogP contribution in [-0.2, 0) is 11.2 Å². The van der Waals surface area contributed by atoms with Crippen molar-refractivity contribution in [3.63, 3.8) is 0 Å². The van der Waals surface area contributed by atoms with E-state index >= 15 is 0 Å². The zero-order valence-corrected chi connectivity index (χ0v) is 9.70. The van der Waals surface area contributed by atoms with Gasteiger partial charge in [-0.3, -0.25) is 4.98 Å². The van der Waals surface area contributed by atoms with Crippen molar-refractivity contribution in [2.45, 2.75) is 18.9 Å². The summed E-state index contributed by atoms with van der Waals surface area (Å²) in [5, 5.41) is 9.42. The smallest absolute Gasteiger partial charge is 0.0776 e. The maximum Gasteiger partial charge on any atom is 0.0776 e. The van der Waals surface area contributed by atoms with E-state index < -0.39 is 0 Å². The van der Waals surface area contributed by atoms with E-state index in [1.807, 2.05) is 12.3 Å². The Morgan fingerprint density at radius 3 is 3.00 bits per heavy atom. The van der Waals surface area contributed by atoms with Gasteiger partial charge >= 0.3 is 0 Å². The highest BCUT2D eigenvalue weighted by Crippen LogP contribution is 2.11. The number of pyridine rings is 1. The van der Waals surface area contributed by atoms with Gasteiger partial charge in [0, 0.05) is 24.0 Å². The summed E-state index contributed by atoms with van der Waals surface area (Å²) in [6.45, 7) is 0.390. The van der Waals surface area contributed by atoms with Gasteiger partial charge in [0.2, 0.25) is 0 Å². The fraction of sp³-hybridized carbons (Fsp3) is 0.500. The van der Waals surface area contributed by atoms with Crippen LogP contribution in [0.15, 0.2) is 22.9 Å². The van der Waals surface area contributed by atoms with Crippen LogP contribution in [0.5, 0.6) is 0 Å². The lowest BCUT2D eigenvalue weighted by Gasteiger charge is -2.08. The summed E-state index contributed by atoms with van der Waals surface area (Å²) in [5.41, 5.74) is 1.12. The summed E-state index contributed by atoms with van der Waals surface area (Å²) < 4.78 is 5.81. The van der Waals surface area contributed by atoms with Crippen molar-refractivity contribution in [1.29, 1.82) is 0 Å². The molecule has 0 bridgehead atoms. The first-order valence-electron chi connectivity index (χ1n) is 4.49. The van der Waals surface area contributed by atoms with Crippen LogP contribution < -0.4 is 0 Å². The number of halogens is 1. The van der Waals surface area contributed by atoms with E-state index in [9.17, 15) is 5.11 Å². The van der Waals surface area contributed by atoms with Crippen molar-refractivity contribution in [3.8, 4) is 0 Å². The first-order valence-corrected chi connectivity index (χ1v) is 5.28. The van der Waals surface area contributed by atoms with Crippen LogP contribution in [0.2, 0.25) is 0 Å². The number of hydrogen-bond acceptors (Lipinski definition) is 3. The SMILES string of the molecule is COCC(O)CCc1cncc(Br)c1. The maximum absolute atomic E-state index is 9.42. The number of hydrogen-bond donors (Lipinski definition) is 1. The Morgan fingerprint density at radius 2 is 2.36 bits per heavy atom. The van der Waals surface area contributed by atoms with Gasteiger partial charge in [0.15, 0.2) is 0 Å². The number of ether oxygens (including phenoxy) is 1. The second-order valence-electron chi connectivity index (χ2n) is 3.16. The molecule has 0 spiro atoms. The van der Waals surface area contributed by atoms with Gasteiger partial charge in [0.05, 0.1) is 12.7 Å². The molecule has 1 heterocycles. The number of methoxy groups -OCH3 is 1. The van der Waals surface area contributed by atoms with E-state index in [0.29, 0.717) is 13.0 Å². The molecule has 1 aromatic heterocycles. The number of aliphatic hydroxyl groups excluding tert-OH is 1. The molecule has 0 amide bonds. The molecule has 14 heavy (non-hydrogen) atoms. The number of aryl methyl sites for hydroxylation is 1. The Balaban J connectivity index is 2.37. The molecule has 1 N–H and O–H groups in total. The molecular weight excluding hydrogens is 246 g/mol. The van der Waals surface area contributed by atoms with Crippen molar-refractivity contribution in [3.05, 3.63) is 28.5 Å². The van der Waals surface area contributed by atoms with Crippen molar-refractivity contribution >= 4 is 15.9 Å². The van der Waals surface area contributed by atoms with Crippen LogP contribution in [0.4, 0.5) is 0 Å². The average molecular weight is 260 g/mol. The van der Waals surface area contributed by atoms with Crippen molar-refractivity contribution < 1.29 is 9.84 Å². The van der Waals surface area contributed by atoms with E-state index in [4.69, 9.17) is 4.74 Å². The van der Waals surface area contributed by atoms with Crippen molar-refractivity contribution in [2.75, 3.05) is 13.7 Å². The molecule has 0 aliphatic carbocycles. The van der Waals surface area contributed by atoms with Crippen LogP contribution in [0, 0.1) is 0 Å². The number of aromatic nitrogens is 1. The summed E-state index contributed by atoms with van der Waals surface area (Å²) in [6, 6.07) is 2.01. The van der Waals surface area contributed by atoms with E-state index in [-0.39, 0.29) is 6.10 Å². The van der Waals surface area contributed by atoms with Crippen LogP contribution in [0.1, 0.15) is 12.0 Å². The standard InChI is InChI=1S/C10H14BrNO2/c1-14-7-10(13)3-2-8-4-9(11)6-12-5-8/h4-6,10,13H,2-3,7H2,1H3. The third-order valence-electron chi connectivity index (χ3n) is 1.89. The number of aliphatic hydroxyl groups is 1. The third-order valence-corrected chi connectivity index (χ3v) is 2.32. The maximum atomic E-state index is 9.42.